The van der Waals surface area contributed by atoms with Gasteiger partial charge in [-0.05, 0) is 67.1 Å². The zero-order valence-corrected chi connectivity index (χ0v) is 17.4. The van der Waals surface area contributed by atoms with Gasteiger partial charge in [-0.3, -0.25) is 9.52 Å². The van der Waals surface area contributed by atoms with Gasteiger partial charge in [-0.1, -0.05) is 29.3 Å². The average Bonchev–Trinajstić information content (AvgIpc) is 2.66. The number of aryl methyl sites for hydroxylation is 1. The van der Waals surface area contributed by atoms with Crippen molar-refractivity contribution >= 4 is 50.5 Å². The first-order valence-corrected chi connectivity index (χ1v) is 10.5. The molecule has 0 heterocycles. The number of anilines is 2. The minimum Gasteiger partial charge on any atom is -0.319 e. The number of carbonyl (C=O) groups excluding carboxylic acids is 1. The molecule has 0 fully saturated rings. The van der Waals surface area contributed by atoms with Crippen LogP contribution in [0.25, 0.3) is 0 Å². The number of nitrogens with one attached hydrogen (secondary N) is 2. The molecular weight excluding hydrogens is 438 g/mol. The molecule has 29 heavy (non-hydrogen) atoms. The summed E-state index contributed by atoms with van der Waals surface area (Å²) in [6.07, 6.45) is 0. The van der Waals surface area contributed by atoms with E-state index in [4.69, 9.17) is 23.2 Å². The van der Waals surface area contributed by atoms with Crippen molar-refractivity contribution in [2.75, 3.05) is 10.0 Å². The second-order valence-electron chi connectivity index (χ2n) is 6.17. The van der Waals surface area contributed by atoms with Gasteiger partial charge in [0.05, 0.1) is 16.3 Å². The normalized spacial score (nSPS) is 11.2. The Morgan fingerprint density at radius 3 is 2.28 bits per heavy atom. The third-order valence-electron chi connectivity index (χ3n) is 4.03. The summed E-state index contributed by atoms with van der Waals surface area (Å²) in [5.41, 5.74) is 1.17. The average molecular weight is 453 g/mol. The SMILES string of the molecule is Cc1ccc(NS(=O)(=O)c2ccc(NC(=O)c3ccc(Cl)cc3)c(F)c2)cc1Cl. The van der Waals surface area contributed by atoms with Gasteiger partial charge in [-0.2, -0.15) is 0 Å². The van der Waals surface area contributed by atoms with Crippen molar-refractivity contribution in [2.24, 2.45) is 0 Å². The maximum absolute atomic E-state index is 14.4. The highest BCUT2D eigenvalue weighted by Gasteiger charge is 2.18. The summed E-state index contributed by atoms with van der Waals surface area (Å²) < 4.78 is 41.8. The summed E-state index contributed by atoms with van der Waals surface area (Å²) in [6.45, 7) is 1.78. The molecule has 9 heteroatoms. The van der Waals surface area contributed by atoms with Gasteiger partial charge in [0.25, 0.3) is 15.9 Å². The highest BCUT2D eigenvalue weighted by molar-refractivity contribution is 7.92. The predicted molar refractivity (Wildman–Crippen MR) is 113 cm³/mol. The molecule has 1 amide bonds. The third-order valence-corrected chi connectivity index (χ3v) is 6.07. The fourth-order valence-corrected chi connectivity index (χ4v) is 3.80. The molecule has 5 nitrogen and oxygen atoms in total. The van der Waals surface area contributed by atoms with Crippen LogP contribution in [0, 0.1) is 12.7 Å². The van der Waals surface area contributed by atoms with Gasteiger partial charge in [-0.15, -0.1) is 0 Å². The summed E-state index contributed by atoms with van der Waals surface area (Å²) in [5, 5.41) is 3.26. The fraction of sp³-hybridized carbons (Fsp3) is 0.0500. The van der Waals surface area contributed by atoms with Crippen molar-refractivity contribution in [3.8, 4) is 0 Å². The summed E-state index contributed by atoms with van der Waals surface area (Å²) in [6, 6.07) is 13.9. The number of carbonyl (C=O) groups is 1. The Morgan fingerprint density at radius 2 is 1.66 bits per heavy atom. The minimum atomic E-state index is -4.04. The Bertz CT molecular complexity index is 1180. The molecule has 0 saturated heterocycles. The zero-order chi connectivity index (χ0) is 21.2. The lowest BCUT2D eigenvalue weighted by atomic mass is 10.2. The molecule has 0 spiro atoms. The van der Waals surface area contributed by atoms with Gasteiger partial charge in [-0.25, -0.2) is 12.8 Å². The second kappa shape index (κ2) is 8.41. The molecule has 0 saturated carbocycles. The largest absolute Gasteiger partial charge is 0.319 e. The summed E-state index contributed by atoms with van der Waals surface area (Å²) >= 11 is 11.8. The molecule has 3 aromatic carbocycles. The number of rotatable bonds is 5. The molecule has 0 atom stereocenters. The summed E-state index contributed by atoms with van der Waals surface area (Å²) in [7, 11) is -4.04. The highest BCUT2D eigenvalue weighted by Crippen LogP contribution is 2.25. The first kappa shape index (κ1) is 21.1. The standard InChI is InChI=1S/C20H15Cl2FN2O3S/c1-12-2-7-15(10-17(12)22)25-29(27,28)16-8-9-19(18(23)11-16)24-20(26)13-3-5-14(21)6-4-13/h2-11,25H,1H3,(H,24,26). The Morgan fingerprint density at radius 1 is 0.966 bits per heavy atom. The molecule has 2 N–H and O–H groups in total. The first-order chi connectivity index (χ1) is 13.7. The molecule has 3 aromatic rings. The maximum Gasteiger partial charge on any atom is 0.261 e. The summed E-state index contributed by atoms with van der Waals surface area (Å²) in [4.78, 5) is 11.9. The molecule has 3 rings (SSSR count). The molecular formula is C20H15Cl2FN2O3S. The van der Waals surface area contributed by atoms with Crippen LogP contribution in [0.5, 0.6) is 0 Å². The first-order valence-electron chi connectivity index (χ1n) is 8.31. The second-order valence-corrected chi connectivity index (χ2v) is 8.70. The lowest BCUT2D eigenvalue weighted by molar-refractivity contribution is 0.102. The van der Waals surface area contributed by atoms with Crippen molar-refractivity contribution in [2.45, 2.75) is 11.8 Å². The molecule has 0 aliphatic heterocycles. The lowest BCUT2D eigenvalue weighted by Crippen LogP contribution is -2.15. The topological polar surface area (TPSA) is 75.3 Å². The van der Waals surface area contributed by atoms with E-state index in [0.29, 0.717) is 10.0 Å². The molecule has 0 unspecified atom stereocenters. The van der Waals surface area contributed by atoms with Crippen molar-refractivity contribution in [1.82, 2.24) is 0 Å². The molecule has 0 radical (unpaired) electrons. The van der Waals surface area contributed by atoms with Crippen LogP contribution in [-0.2, 0) is 10.0 Å². The minimum absolute atomic E-state index is 0.151. The van der Waals surface area contributed by atoms with Gasteiger partial charge < -0.3 is 5.32 Å². The van der Waals surface area contributed by atoms with Crippen LogP contribution < -0.4 is 10.0 Å². The van der Waals surface area contributed by atoms with E-state index < -0.39 is 21.7 Å². The van der Waals surface area contributed by atoms with E-state index in [9.17, 15) is 17.6 Å². The van der Waals surface area contributed by atoms with Crippen LogP contribution in [-0.4, -0.2) is 14.3 Å². The smallest absolute Gasteiger partial charge is 0.261 e. The highest BCUT2D eigenvalue weighted by atomic mass is 35.5. The summed E-state index contributed by atoms with van der Waals surface area (Å²) in [5.74, 6) is -1.44. The monoisotopic (exact) mass is 452 g/mol. The quantitative estimate of drug-likeness (QED) is 0.536. The van der Waals surface area contributed by atoms with Crippen LogP contribution in [0.3, 0.4) is 0 Å². The van der Waals surface area contributed by atoms with Crippen molar-refractivity contribution in [1.29, 1.82) is 0 Å². The van der Waals surface area contributed by atoms with E-state index in [2.05, 4.69) is 10.0 Å². The van der Waals surface area contributed by atoms with Gasteiger partial charge >= 0.3 is 0 Å². The van der Waals surface area contributed by atoms with Gasteiger partial charge in [0, 0.05) is 15.6 Å². The Labute approximate surface area is 177 Å². The van der Waals surface area contributed by atoms with E-state index in [1.165, 1.54) is 42.5 Å². The molecule has 0 aromatic heterocycles. The van der Waals surface area contributed by atoms with Crippen LogP contribution in [0.15, 0.2) is 65.6 Å². The molecule has 150 valence electrons. The van der Waals surface area contributed by atoms with Gasteiger partial charge in [0.1, 0.15) is 5.82 Å². The predicted octanol–water partition coefficient (Wildman–Crippen LogP) is 5.49. The zero-order valence-electron chi connectivity index (χ0n) is 15.0. The van der Waals surface area contributed by atoms with E-state index in [1.54, 1.807) is 19.1 Å². The van der Waals surface area contributed by atoms with Crippen molar-refractivity contribution in [3.05, 3.63) is 87.7 Å². The Hall–Kier alpha value is -2.61. The van der Waals surface area contributed by atoms with Crippen molar-refractivity contribution in [3.63, 3.8) is 0 Å². The molecule has 0 aliphatic carbocycles. The van der Waals surface area contributed by atoms with Crippen LogP contribution >= 0.6 is 23.2 Å². The van der Waals surface area contributed by atoms with Crippen LogP contribution in [0.1, 0.15) is 15.9 Å². The Kier molecular flexibility index (Phi) is 6.12. The molecule has 0 bridgehead atoms. The van der Waals surface area contributed by atoms with Crippen molar-refractivity contribution < 1.29 is 17.6 Å². The van der Waals surface area contributed by atoms with E-state index in [1.807, 2.05) is 0 Å². The number of amides is 1. The van der Waals surface area contributed by atoms with Gasteiger partial charge in [0.15, 0.2) is 0 Å². The lowest BCUT2D eigenvalue weighted by Gasteiger charge is -2.11. The molecule has 0 aliphatic rings. The third kappa shape index (κ3) is 5.06. The number of hydrogen-bond acceptors (Lipinski definition) is 3. The maximum atomic E-state index is 14.4. The fourth-order valence-electron chi connectivity index (χ4n) is 2.43. The number of benzene rings is 3. The number of halogens is 3. The van der Waals surface area contributed by atoms with E-state index >= 15 is 0 Å². The van der Waals surface area contributed by atoms with E-state index in [-0.39, 0.29) is 21.8 Å². The van der Waals surface area contributed by atoms with Crippen LogP contribution in [0.4, 0.5) is 15.8 Å². The van der Waals surface area contributed by atoms with Gasteiger partial charge in [0.2, 0.25) is 0 Å². The number of hydrogen-bond donors (Lipinski definition) is 2. The van der Waals surface area contributed by atoms with Crippen LogP contribution in [0.2, 0.25) is 10.0 Å². The number of sulfonamides is 1. The Balaban J connectivity index is 1.79. The van der Waals surface area contributed by atoms with E-state index in [0.717, 1.165) is 11.6 Å².